The van der Waals surface area contributed by atoms with Crippen LogP contribution in [0.1, 0.15) is 63.0 Å². The van der Waals surface area contributed by atoms with Crippen molar-refractivity contribution >= 4 is 11.9 Å². The van der Waals surface area contributed by atoms with E-state index in [0.717, 1.165) is 57.3 Å². The molecule has 1 amide bonds. The average molecular weight is 440 g/mol. The molecule has 1 atom stereocenters. The molecule has 4 rings (SSSR count). The number of carbonyl (C=O) groups excluding carboxylic acids is 1. The molecule has 1 aromatic carbocycles. The summed E-state index contributed by atoms with van der Waals surface area (Å²) in [5.74, 6) is 2.32. The summed E-state index contributed by atoms with van der Waals surface area (Å²) < 4.78 is 0. The molecule has 0 aromatic heterocycles. The van der Waals surface area contributed by atoms with Crippen LogP contribution in [0.15, 0.2) is 29.3 Å². The molecule has 0 spiro atoms. The number of rotatable bonds is 6. The zero-order valence-electron chi connectivity index (χ0n) is 20.0. The molecule has 2 aliphatic heterocycles. The largest absolute Gasteiger partial charge is 0.352 e. The van der Waals surface area contributed by atoms with Crippen molar-refractivity contribution in [1.82, 2.24) is 20.4 Å². The predicted octanol–water partition coefficient (Wildman–Crippen LogP) is 3.37. The van der Waals surface area contributed by atoms with E-state index in [0.29, 0.717) is 5.91 Å². The van der Waals surface area contributed by atoms with Crippen molar-refractivity contribution in [1.29, 1.82) is 0 Å². The molecule has 3 aliphatic rings. The minimum atomic E-state index is 0.269. The van der Waals surface area contributed by atoms with Crippen molar-refractivity contribution in [2.24, 2.45) is 16.8 Å². The van der Waals surface area contributed by atoms with Gasteiger partial charge in [-0.1, -0.05) is 44.0 Å². The smallest absolute Gasteiger partial charge is 0.225 e. The number of piperidine rings is 1. The van der Waals surface area contributed by atoms with Gasteiger partial charge in [0.2, 0.25) is 5.91 Å². The maximum absolute atomic E-state index is 12.7. The highest BCUT2D eigenvalue weighted by Gasteiger charge is 2.32. The van der Waals surface area contributed by atoms with Crippen LogP contribution in [0.25, 0.3) is 0 Å². The van der Waals surface area contributed by atoms with Gasteiger partial charge in [0.05, 0.1) is 0 Å². The number of hydrogen-bond donors (Lipinski definition) is 2. The lowest BCUT2D eigenvalue weighted by Crippen LogP contribution is -2.45. The normalized spacial score (nSPS) is 23.6. The zero-order valence-corrected chi connectivity index (χ0v) is 20.0. The van der Waals surface area contributed by atoms with Gasteiger partial charge in [-0.2, -0.15) is 0 Å². The molecule has 1 aliphatic carbocycles. The molecule has 1 unspecified atom stereocenters. The van der Waals surface area contributed by atoms with Gasteiger partial charge in [-0.05, 0) is 62.2 Å². The first-order chi connectivity index (χ1) is 15.6. The molecule has 1 aromatic rings. The van der Waals surface area contributed by atoms with E-state index >= 15 is 0 Å². The van der Waals surface area contributed by atoms with E-state index in [2.05, 4.69) is 56.6 Å². The van der Waals surface area contributed by atoms with E-state index < -0.39 is 0 Å². The SMILES string of the molecule is CN=C(NCc1ccccc1CN1CCC(C)CC1)NC1CCN(C(=O)C2CCCC2)C1. The Hall–Kier alpha value is -2.08. The minimum absolute atomic E-state index is 0.269. The highest BCUT2D eigenvalue weighted by atomic mass is 16.2. The lowest BCUT2D eigenvalue weighted by molar-refractivity contribution is -0.134. The molecule has 1 saturated carbocycles. The number of nitrogens with one attached hydrogen (secondary N) is 2. The van der Waals surface area contributed by atoms with Crippen LogP contribution < -0.4 is 10.6 Å². The van der Waals surface area contributed by atoms with Crippen LogP contribution in [-0.2, 0) is 17.9 Å². The van der Waals surface area contributed by atoms with E-state index in [4.69, 9.17) is 0 Å². The van der Waals surface area contributed by atoms with E-state index in [1.807, 2.05) is 7.05 Å². The maximum Gasteiger partial charge on any atom is 0.225 e. The first-order valence-corrected chi connectivity index (χ1v) is 12.7. The fraction of sp³-hybridized carbons (Fsp3) is 0.692. The number of carbonyl (C=O) groups is 1. The second kappa shape index (κ2) is 11.2. The monoisotopic (exact) mass is 439 g/mol. The van der Waals surface area contributed by atoms with Gasteiger partial charge in [0.1, 0.15) is 0 Å². The molecule has 32 heavy (non-hydrogen) atoms. The molecule has 2 N–H and O–H groups in total. The summed E-state index contributed by atoms with van der Waals surface area (Å²) in [5.41, 5.74) is 2.73. The van der Waals surface area contributed by atoms with Gasteiger partial charge in [-0.3, -0.25) is 14.7 Å². The Kier molecular flexibility index (Phi) is 8.06. The summed E-state index contributed by atoms with van der Waals surface area (Å²) in [5, 5.41) is 7.06. The Morgan fingerprint density at radius 2 is 1.75 bits per heavy atom. The van der Waals surface area contributed by atoms with Crippen molar-refractivity contribution in [2.45, 2.75) is 71.0 Å². The first-order valence-electron chi connectivity index (χ1n) is 12.7. The Bertz CT molecular complexity index is 780. The van der Waals surface area contributed by atoms with Gasteiger partial charge in [0, 0.05) is 45.2 Å². The Labute approximate surface area is 193 Å². The summed E-state index contributed by atoms with van der Waals surface area (Å²) in [6.45, 7) is 8.20. The number of nitrogens with zero attached hydrogens (tertiary/aromatic N) is 3. The van der Waals surface area contributed by atoms with E-state index in [1.54, 1.807) is 0 Å². The minimum Gasteiger partial charge on any atom is -0.352 e. The fourth-order valence-corrected chi connectivity index (χ4v) is 5.42. The fourth-order valence-electron chi connectivity index (χ4n) is 5.42. The highest BCUT2D eigenvalue weighted by Crippen LogP contribution is 2.28. The molecule has 0 radical (unpaired) electrons. The number of likely N-dealkylation sites (tertiary alicyclic amines) is 2. The second-order valence-electron chi connectivity index (χ2n) is 10.0. The Balaban J connectivity index is 1.26. The number of benzene rings is 1. The third-order valence-corrected chi connectivity index (χ3v) is 7.60. The molecular formula is C26H41N5O. The molecule has 3 fully saturated rings. The Morgan fingerprint density at radius 3 is 2.47 bits per heavy atom. The van der Waals surface area contributed by atoms with Gasteiger partial charge in [-0.25, -0.2) is 0 Å². The Morgan fingerprint density at radius 1 is 1.03 bits per heavy atom. The van der Waals surface area contributed by atoms with Gasteiger partial charge in [0.15, 0.2) is 5.96 Å². The van der Waals surface area contributed by atoms with Crippen LogP contribution in [0.4, 0.5) is 0 Å². The van der Waals surface area contributed by atoms with Crippen molar-refractivity contribution in [3.8, 4) is 0 Å². The third kappa shape index (κ3) is 6.03. The summed E-state index contributed by atoms with van der Waals surface area (Å²) in [7, 11) is 1.83. The maximum atomic E-state index is 12.7. The zero-order chi connectivity index (χ0) is 22.3. The second-order valence-corrected chi connectivity index (χ2v) is 10.0. The summed E-state index contributed by atoms with van der Waals surface area (Å²) in [6, 6.07) is 9.03. The average Bonchev–Trinajstić information content (AvgIpc) is 3.51. The van der Waals surface area contributed by atoms with Crippen LogP contribution in [0.5, 0.6) is 0 Å². The number of hydrogen-bond acceptors (Lipinski definition) is 3. The van der Waals surface area contributed by atoms with Gasteiger partial charge in [-0.15, -0.1) is 0 Å². The number of amides is 1. The van der Waals surface area contributed by atoms with E-state index in [1.165, 1.54) is 49.9 Å². The first kappa shape index (κ1) is 23.1. The number of guanidine groups is 1. The van der Waals surface area contributed by atoms with Crippen molar-refractivity contribution in [3.05, 3.63) is 35.4 Å². The molecule has 6 nitrogen and oxygen atoms in total. The van der Waals surface area contributed by atoms with Crippen LogP contribution in [-0.4, -0.2) is 60.9 Å². The third-order valence-electron chi connectivity index (χ3n) is 7.60. The van der Waals surface area contributed by atoms with Crippen molar-refractivity contribution in [3.63, 3.8) is 0 Å². The molecule has 6 heteroatoms. The van der Waals surface area contributed by atoms with Crippen LogP contribution in [0, 0.1) is 11.8 Å². The lowest BCUT2D eigenvalue weighted by Gasteiger charge is -2.30. The molecule has 0 bridgehead atoms. The van der Waals surface area contributed by atoms with Crippen molar-refractivity contribution < 1.29 is 4.79 Å². The van der Waals surface area contributed by atoms with E-state index in [9.17, 15) is 4.79 Å². The topological polar surface area (TPSA) is 60.0 Å². The van der Waals surface area contributed by atoms with Gasteiger partial charge >= 0.3 is 0 Å². The number of aliphatic imine (C=N–C) groups is 1. The molecule has 2 saturated heterocycles. The van der Waals surface area contributed by atoms with Crippen LogP contribution in [0.3, 0.4) is 0 Å². The molecule has 2 heterocycles. The lowest BCUT2D eigenvalue weighted by atomic mass is 9.98. The quantitative estimate of drug-likeness (QED) is 0.527. The van der Waals surface area contributed by atoms with Crippen LogP contribution >= 0.6 is 0 Å². The van der Waals surface area contributed by atoms with Crippen molar-refractivity contribution in [2.75, 3.05) is 33.2 Å². The summed E-state index contributed by atoms with van der Waals surface area (Å²) in [4.78, 5) is 21.8. The highest BCUT2D eigenvalue weighted by molar-refractivity contribution is 5.81. The standard InChI is InChI=1S/C26H41N5O/c1-20-11-14-30(15-12-20)18-23-10-6-5-9-22(23)17-28-26(27-2)29-24-13-16-31(19-24)25(32)21-7-3-4-8-21/h5-6,9-10,20-21,24H,3-4,7-8,11-19H2,1-2H3,(H2,27,28,29). The van der Waals surface area contributed by atoms with Crippen LogP contribution in [0.2, 0.25) is 0 Å². The van der Waals surface area contributed by atoms with Gasteiger partial charge in [0.25, 0.3) is 0 Å². The predicted molar refractivity (Wildman–Crippen MR) is 130 cm³/mol. The molecular weight excluding hydrogens is 398 g/mol. The summed E-state index contributed by atoms with van der Waals surface area (Å²) >= 11 is 0. The van der Waals surface area contributed by atoms with E-state index in [-0.39, 0.29) is 12.0 Å². The summed E-state index contributed by atoms with van der Waals surface area (Å²) in [6.07, 6.45) is 8.17. The molecule has 176 valence electrons. The van der Waals surface area contributed by atoms with Gasteiger partial charge < -0.3 is 15.5 Å².